The summed E-state index contributed by atoms with van der Waals surface area (Å²) in [5.41, 5.74) is 5.10. The molecule has 2 nitrogen and oxygen atoms in total. The van der Waals surface area contributed by atoms with Crippen LogP contribution in [0.3, 0.4) is 0 Å². The van der Waals surface area contributed by atoms with Crippen LogP contribution < -0.4 is 5.32 Å². The number of anilines is 1. The Morgan fingerprint density at radius 1 is 1.00 bits per heavy atom. The maximum Gasteiger partial charge on any atom is 0.0713 e. The van der Waals surface area contributed by atoms with Crippen molar-refractivity contribution in [3.05, 3.63) is 65.2 Å². The molecule has 100 valence electrons. The molecule has 0 aliphatic heterocycles. The smallest absolute Gasteiger partial charge is 0.0713 e. The average molecular weight is 255 g/mol. The number of rotatable bonds is 6. The van der Waals surface area contributed by atoms with E-state index in [9.17, 15) is 0 Å². The van der Waals surface area contributed by atoms with Crippen LogP contribution in [0.25, 0.3) is 0 Å². The highest BCUT2D eigenvalue weighted by molar-refractivity contribution is 5.46. The van der Waals surface area contributed by atoms with Gasteiger partial charge < -0.3 is 10.1 Å². The van der Waals surface area contributed by atoms with Gasteiger partial charge in [0.2, 0.25) is 0 Å². The lowest BCUT2D eigenvalue weighted by Gasteiger charge is -2.11. The number of benzene rings is 2. The Labute approximate surface area is 115 Å². The van der Waals surface area contributed by atoms with Gasteiger partial charge in [0.25, 0.3) is 0 Å². The topological polar surface area (TPSA) is 21.3 Å². The normalized spacial score (nSPS) is 10.4. The lowest BCUT2D eigenvalue weighted by molar-refractivity contribution is 0.185. The number of aryl methyl sites for hydroxylation is 1. The van der Waals surface area contributed by atoms with Gasteiger partial charge in [0.1, 0.15) is 0 Å². The first-order chi connectivity index (χ1) is 9.33. The summed E-state index contributed by atoms with van der Waals surface area (Å²) >= 11 is 0. The third-order valence-electron chi connectivity index (χ3n) is 3.22. The van der Waals surface area contributed by atoms with E-state index in [2.05, 4.69) is 60.8 Å². The average Bonchev–Trinajstić information content (AvgIpc) is 2.46. The van der Waals surface area contributed by atoms with Crippen molar-refractivity contribution in [3.63, 3.8) is 0 Å². The molecule has 2 aromatic rings. The summed E-state index contributed by atoms with van der Waals surface area (Å²) in [4.78, 5) is 0. The quantitative estimate of drug-likeness (QED) is 0.842. The lowest BCUT2D eigenvalue weighted by atomic mass is 10.1. The summed E-state index contributed by atoms with van der Waals surface area (Å²) in [5, 5.41) is 3.48. The second-order valence-electron chi connectivity index (χ2n) is 4.61. The minimum Gasteiger partial charge on any atom is -0.381 e. The number of ether oxygens (including phenoxy) is 1. The SMILES string of the molecule is CCc1ccccc1CNc1cccc(COC)c1. The number of nitrogens with one attached hydrogen (secondary N) is 1. The Kier molecular flexibility index (Phi) is 4.99. The zero-order valence-electron chi connectivity index (χ0n) is 11.6. The number of hydrogen-bond donors (Lipinski definition) is 1. The van der Waals surface area contributed by atoms with Crippen LogP contribution in [0.15, 0.2) is 48.5 Å². The number of hydrogen-bond acceptors (Lipinski definition) is 2. The van der Waals surface area contributed by atoms with Crippen LogP contribution in [-0.2, 0) is 24.3 Å². The first-order valence-electron chi connectivity index (χ1n) is 6.72. The lowest BCUT2D eigenvalue weighted by Crippen LogP contribution is -2.02. The molecular weight excluding hydrogens is 234 g/mol. The van der Waals surface area contributed by atoms with E-state index in [1.54, 1.807) is 7.11 Å². The summed E-state index contributed by atoms with van der Waals surface area (Å²) in [7, 11) is 1.72. The Balaban J connectivity index is 2.03. The highest BCUT2D eigenvalue weighted by Crippen LogP contribution is 2.15. The highest BCUT2D eigenvalue weighted by atomic mass is 16.5. The van der Waals surface area contributed by atoms with Crippen LogP contribution in [0.4, 0.5) is 5.69 Å². The van der Waals surface area contributed by atoms with Gasteiger partial charge in [0.15, 0.2) is 0 Å². The highest BCUT2D eigenvalue weighted by Gasteiger charge is 2.00. The van der Waals surface area contributed by atoms with Gasteiger partial charge in [-0.15, -0.1) is 0 Å². The summed E-state index contributed by atoms with van der Waals surface area (Å²) in [6.07, 6.45) is 1.07. The Morgan fingerprint density at radius 3 is 2.53 bits per heavy atom. The summed E-state index contributed by atoms with van der Waals surface area (Å²) < 4.78 is 5.15. The molecule has 0 aliphatic carbocycles. The van der Waals surface area contributed by atoms with Gasteiger partial charge in [-0.25, -0.2) is 0 Å². The van der Waals surface area contributed by atoms with E-state index in [1.807, 2.05) is 0 Å². The third-order valence-corrected chi connectivity index (χ3v) is 3.22. The van der Waals surface area contributed by atoms with Gasteiger partial charge in [0, 0.05) is 19.3 Å². The summed E-state index contributed by atoms with van der Waals surface area (Å²) in [6, 6.07) is 16.9. The fourth-order valence-corrected chi connectivity index (χ4v) is 2.21. The second-order valence-corrected chi connectivity index (χ2v) is 4.61. The van der Waals surface area contributed by atoms with Crippen LogP contribution in [0, 0.1) is 0 Å². The molecule has 0 radical (unpaired) electrons. The Bertz CT molecular complexity index is 522. The van der Waals surface area contributed by atoms with Crippen LogP contribution in [0.5, 0.6) is 0 Å². The van der Waals surface area contributed by atoms with Gasteiger partial charge in [0.05, 0.1) is 6.61 Å². The van der Waals surface area contributed by atoms with Crippen molar-refractivity contribution in [2.75, 3.05) is 12.4 Å². The van der Waals surface area contributed by atoms with Crippen LogP contribution in [0.2, 0.25) is 0 Å². The summed E-state index contributed by atoms with van der Waals surface area (Å²) in [5.74, 6) is 0. The maximum atomic E-state index is 5.15. The monoisotopic (exact) mass is 255 g/mol. The van der Waals surface area contributed by atoms with Crippen LogP contribution >= 0.6 is 0 Å². The molecule has 0 aliphatic rings. The van der Waals surface area contributed by atoms with Crippen molar-refractivity contribution in [1.29, 1.82) is 0 Å². The minimum absolute atomic E-state index is 0.654. The van der Waals surface area contributed by atoms with E-state index in [-0.39, 0.29) is 0 Å². The molecule has 19 heavy (non-hydrogen) atoms. The van der Waals surface area contributed by atoms with E-state index in [1.165, 1.54) is 16.7 Å². The zero-order chi connectivity index (χ0) is 13.5. The molecule has 2 heteroatoms. The molecule has 1 N–H and O–H groups in total. The van der Waals surface area contributed by atoms with Gasteiger partial charge in [-0.2, -0.15) is 0 Å². The van der Waals surface area contributed by atoms with Crippen molar-refractivity contribution in [2.45, 2.75) is 26.5 Å². The molecule has 0 unspecified atom stereocenters. The van der Waals surface area contributed by atoms with E-state index >= 15 is 0 Å². The van der Waals surface area contributed by atoms with E-state index in [4.69, 9.17) is 4.74 Å². The van der Waals surface area contributed by atoms with E-state index in [0.29, 0.717) is 6.61 Å². The zero-order valence-corrected chi connectivity index (χ0v) is 11.6. The molecular formula is C17H21NO. The van der Waals surface area contributed by atoms with Crippen LogP contribution in [-0.4, -0.2) is 7.11 Å². The molecule has 0 heterocycles. The van der Waals surface area contributed by atoms with Crippen molar-refractivity contribution in [3.8, 4) is 0 Å². The van der Waals surface area contributed by atoms with E-state index in [0.717, 1.165) is 18.7 Å². The maximum absolute atomic E-state index is 5.15. The standard InChI is InChI=1S/C17H21NO/c1-3-15-8-4-5-9-16(15)12-18-17-10-6-7-14(11-17)13-19-2/h4-11,18H,3,12-13H2,1-2H3. The molecule has 0 fully saturated rings. The fraction of sp³-hybridized carbons (Fsp3) is 0.294. The first kappa shape index (κ1) is 13.6. The van der Waals surface area contributed by atoms with Gasteiger partial charge in [-0.3, -0.25) is 0 Å². The molecule has 0 aromatic heterocycles. The Hall–Kier alpha value is -1.80. The molecule has 2 aromatic carbocycles. The molecule has 0 bridgehead atoms. The molecule has 0 spiro atoms. The van der Waals surface area contributed by atoms with Crippen molar-refractivity contribution >= 4 is 5.69 Å². The first-order valence-corrected chi connectivity index (χ1v) is 6.72. The minimum atomic E-state index is 0.654. The predicted molar refractivity (Wildman–Crippen MR) is 80.3 cm³/mol. The van der Waals surface area contributed by atoms with Crippen molar-refractivity contribution in [2.24, 2.45) is 0 Å². The largest absolute Gasteiger partial charge is 0.381 e. The molecule has 0 saturated carbocycles. The molecule has 2 rings (SSSR count). The number of methoxy groups -OCH3 is 1. The van der Waals surface area contributed by atoms with Gasteiger partial charge in [-0.05, 0) is 35.2 Å². The van der Waals surface area contributed by atoms with E-state index < -0.39 is 0 Å². The third kappa shape index (κ3) is 3.83. The van der Waals surface area contributed by atoms with Crippen molar-refractivity contribution in [1.82, 2.24) is 0 Å². The second kappa shape index (κ2) is 6.95. The molecule has 0 saturated heterocycles. The van der Waals surface area contributed by atoms with Gasteiger partial charge >= 0.3 is 0 Å². The van der Waals surface area contributed by atoms with Gasteiger partial charge in [-0.1, -0.05) is 43.3 Å². The molecule has 0 atom stereocenters. The predicted octanol–water partition coefficient (Wildman–Crippen LogP) is 4.01. The molecule has 0 amide bonds. The van der Waals surface area contributed by atoms with Crippen LogP contribution in [0.1, 0.15) is 23.6 Å². The Morgan fingerprint density at radius 2 is 1.79 bits per heavy atom. The fourth-order valence-electron chi connectivity index (χ4n) is 2.21. The van der Waals surface area contributed by atoms with Crippen molar-refractivity contribution < 1.29 is 4.74 Å². The summed E-state index contributed by atoms with van der Waals surface area (Å²) in [6.45, 7) is 3.71.